The minimum Gasteiger partial charge on any atom is -0.364 e. The molecule has 0 bridgehead atoms. The lowest BCUT2D eigenvalue weighted by Gasteiger charge is -2.32. The second-order valence-corrected chi connectivity index (χ2v) is 7.52. The van der Waals surface area contributed by atoms with Gasteiger partial charge in [0.2, 0.25) is 5.91 Å². The average Bonchev–Trinajstić information content (AvgIpc) is 2.80. The highest BCUT2D eigenvalue weighted by molar-refractivity contribution is 9.10. The lowest BCUT2D eigenvalue weighted by atomic mass is 10.1. The topological polar surface area (TPSA) is 58.1 Å². The molecule has 1 fully saturated rings. The van der Waals surface area contributed by atoms with Crippen molar-refractivity contribution >= 4 is 38.6 Å². The Balaban J connectivity index is 1.86. The molecule has 1 aliphatic heterocycles. The van der Waals surface area contributed by atoms with E-state index < -0.39 is 0 Å². The first kappa shape index (κ1) is 15.2. The number of anilines is 1. The summed E-state index contributed by atoms with van der Waals surface area (Å²) in [5.41, 5.74) is 0.738. The predicted molar refractivity (Wildman–Crippen MR) is 90.7 cm³/mol. The molecule has 2 aromatic rings. The number of hydrogen-bond donors (Lipinski definition) is 1. The fourth-order valence-corrected chi connectivity index (χ4v) is 3.15. The number of nitrogens with zero attached hydrogens (tertiary/aromatic N) is 3. The van der Waals surface area contributed by atoms with Crippen LogP contribution in [0.5, 0.6) is 0 Å². The first-order valence-corrected chi connectivity index (χ1v) is 8.11. The van der Waals surface area contributed by atoms with Crippen molar-refractivity contribution in [2.24, 2.45) is 0 Å². The molecule has 1 atom stereocenters. The summed E-state index contributed by atoms with van der Waals surface area (Å²) in [4.78, 5) is 22.7. The standard InChI is InChI=1S/C16H19BrN4O/c1-16(2,3)21-8-11(7-14(21)22)20-15-12-6-10(17)4-5-13(12)18-9-19-15/h4-6,9,11H,7-8H2,1-3H3,(H,18,19,20). The summed E-state index contributed by atoms with van der Waals surface area (Å²) in [7, 11) is 0. The molecule has 0 spiro atoms. The molecule has 0 radical (unpaired) electrons. The molecule has 1 saturated heterocycles. The van der Waals surface area contributed by atoms with Crippen LogP contribution in [0, 0.1) is 0 Å². The van der Waals surface area contributed by atoms with Gasteiger partial charge in [-0.15, -0.1) is 0 Å². The first-order chi connectivity index (χ1) is 10.3. The van der Waals surface area contributed by atoms with E-state index in [0.29, 0.717) is 13.0 Å². The molecule has 6 heteroatoms. The summed E-state index contributed by atoms with van der Waals surface area (Å²) in [5.74, 6) is 0.962. The number of halogens is 1. The van der Waals surface area contributed by atoms with E-state index in [9.17, 15) is 4.79 Å². The zero-order chi connectivity index (χ0) is 15.9. The first-order valence-electron chi connectivity index (χ1n) is 7.32. The highest BCUT2D eigenvalue weighted by atomic mass is 79.9. The van der Waals surface area contributed by atoms with Crippen molar-refractivity contribution in [1.82, 2.24) is 14.9 Å². The van der Waals surface area contributed by atoms with Crippen LogP contribution in [0.15, 0.2) is 29.0 Å². The van der Waals surface area contributed by atoms with Gasteiger partial charge in [0.1, 0.15) is 12.1 Å². The maximum atomic E-state index is 12.2. The maximum absolute atomic E-state index is 12.2. The fourth-order valence-electron chi connectivity index (χ4n) is 2.79. The predicted octanol–water partition coefficient (Wildman–Crippen LogP) is 3.20. The van der Waals surface area contributed by atoms with E-state index in [2.05, 4.69) is 52.0 Å². The minimum absolute atomic E-state index is 0.0730. The van der Waals surface area contributed by atoms with E-state index in [1.54, 1.807) is 6.33 Å². The number of fused-ring (bicyclic) bond motifs is 1. The van der Waals surface area contributed by atoms with Crippen LogP contribution in [0.3, 0.4) is 0 Å². The molecule has 1 N–H and O–H groups in total. The molecule has 22 heavy (non-hydrogen) atoms. The maximum Gasteiger partial charge on any atom is 0.225 e. The Labute approximate surface area is 138 Å². The number of benzene rings is 1. The molecular weight excluding hydrogens is 344 g/mol. The second-order valence-electron chi connectivity index (χ2n) is 6.60. The van der Waals surface area contributed by atoms with Crippen LogP contribution in [-0.2, 0) is 4.79 Å². The molecule has 3 rings (SSSR count). The number of carbonyl (C=O) groups is 1. The molecule has 0 aliphatic carbocycles. The molecule has 5 nitrogen and oxygen atoms in total. The molecule has 116 valence electrons. The molecule has 1 amide bonds. The van der Waals surface area contributed by atoms with E-state index >= 15 is 0 Å². The zero-order valence-corrected chi connectivity index (χ0v) is 14.5. The van der Waals surface area contributed by atoms with Gasteiger partial charge in [-0.1, -0.05) is 15.9 Å². The van der Waals surface area contributed by atoms with Crippen molar-refractivity contribution in [3.63, 3.8) is 0 Å². The van der Waals surface area contributed by atoms with Gasteiger partial charge in [0.05, 0.1) is 11.6 Å². The molecule has 0 saturated carbocycles. The van der Waals surface area contributed by atoms with Gasteiger partial charge in [-0.2, -0.15) is 0 Å². The summed E-state index contributed by atoms with van der Waals surface area (Å²) >= 11 is 3.48. The summed E-state index contributed by atoms with van der Waals surface area (Å²) in [6.07, 6.45) is 2.05. The van der Waals surface area contributed by atoms with Gasteiger partial charge in [0.15, 0.2) is 0 Å². The zero-order valence-electron chi connectivity index (χ0n) is 12.9. The number of nitrogens with one attached hydrogen (secondary N) is 1. The van der Waals surface area contributed by atoms with E-state index in [4.69, 9.17) is 0 Å². The summed E-state index contributed by atoms with van der Waals surface area (Å²) in [6, 6.07) is 5.98. The molecule has 1 aromatic carbocycles. The van der Waals surface area contributed by atoms with Gasteiger partial charge in [0.25, 0.3) is 0 Å². The lowest BCUT2D eigenvalue weighted by Crippen LogP contribution is -2.43. The van der Waals surface area contributed by atoms with Crippen LogP contribution < -0.4 is 5.32 Å². The Morgan fingerprint density at radius 2 is 2.09 bits per heavy atom. The number of hydrogen-bond acceptors (Lipinski definition) is 4. The average molecular weight is 363 g/mol. The summed E-state index contributed by atoms with van der Waals surface area (Å²) in [6.45, 7) is 6.88. The molecule has 1 unspecified atom stereocenters. The molecule has 1 aromatic heterocycles. The van der Waals surface area contributed by atoms with Crippen molar-refractivity contribution in [3.8, 4) is 0 Å². The molecular formula is C16H19BrN4O. The smallest absolute Gasteiger partial charge is 0.225 e. The molecule has 2 heterocycles. The Hall–Kier alpha value is -1.69. The quantitative estimate of drug-likeness (QED) is 0.890. The van der Waals surface area contributed by atoms with Gasteiger partial charge in [0, 0.05) is 28.4 Å². The summed E-state index contributed by atoms with van der Waals surface area (Å²) in [5, 5.41) is 4.37. The van der Waals surface area contributed by atoms with Gasteiger partial charge in [-0.05, 0) is 39.0 Å². The van der Waals surface area contributed by atoms with Crippen LogP contribution in [0.4, 0.5) is 5.82 Å². The highest BCUT2D eigenvalue weighted by Gasteiger charge is 2.36. The van der Waals surface area contributed by atoms with E-state index in [-0.39, 0.29) is 17.5 Å². The normalized spacial score (nSPS) is 19.0. The Morgan fingerprint density at radius 3 is 2.77 bits per heavy atom. The lowest BCUT2D eigenvalue weighted by molar-refractivity contribution is -0.131. The number of carbonyl (C=O) groups excluding carboxylic acids is 1. The van der Waals surface area contributed by atoms with Gasteiger partial charge >= 0.3 is 0 Å². The van der Waals surface area contributed by atoms with Crippen LogP contribution in [-0.4, -0.2) is 38.9 Å². The third-order valence-corrected chi connectivity index (χ3v) is 4.37. The van der Waals surface area contributed by atoms with Crippen molar-refractivity contribution in [2.45, 2.75) is 38.8 Å². The van der Waals surface area contributed by atoms with Crippen LogP contribution >= 0.6 is 15.9 Å². The number of aromatic nitrogens is 2. The van der Waals surface area contributed by atoms with Gasteiger partial charge in [-0.25, -0.2) is 9.97 Å². The SMILES string of the molecule is CC(C)(C)N1CC(Nc2ncnc3ccc(Br)cc23)CC1=O. The highest BCUT2D eigenvalue weighted by Crippen LogP contribution is 2.27. The minimum atomic E-state index is -0.149. The van der Waals surface area contributed by atoms with Gasteiger partial charge in [-0.3, -0.25) is 4.79 Å². The van der Waals surface area contributed by atoms with Crippen molar-refractivity contribution in [3.05, 3.63) is 29.0 Å². The molecule has 1 aliphatic rings. The van der Waals surface area contributed by atoms with Crippen molar-refractivity contribution in [2.75, 3.05) is 11.9 Å². The van der Waals surface area contributed by atoms with E-state index in [0.717, 1.165) is 21.2 Å². The summed E-state index contributed by atoms with van der Waals surface area (Å²) < 4.78 is 0.983. The van der Waals surface area contributed by atoms with E-state index in [1.807, 2.05) is 23.1 Å². The Kier molecular flexibility index (Phi) is 3.80. The monoisotopic (exact) mass is 362 g/mol. The van der Waals surface area contributed by atoms with Crippen molar-refractivity contribution < 1.29 is 4.79 Å². The van der Waals surface area contributed by atoms with Crippen LogP contribution in [0.2, 0.25) is 0 Å². The number of rotatable bonds is 2. The number of amides is 1. The van der Waals surface area contributed by atoms with Crippen LogP contribution in [0.1, 0.15) is 27.2 Å². The third kappa shape index (κ3) is 2.92. The van der Waals surface area contributed by atoms with Crippen LogP contribution in [0.25, 0.3) is 10.9 Å². The largest absolute Gasteiger partial charge is 0.364 e. The van der Waals surface area contributed by atoms with E-state index in [1.165, 1.54) is 0 Å². The van der Waals surface area contributed by atoms with Gasteiger partial charge < -0.3 is 10.2 Å². The second kappa shape index (κ2) is 5.50. The fraction of sp³-hybridized carbons (Fsp3) is 0.438. The third-order valence-electron chi connectivity index (χ3n) is 3.87. The Bertz CT molecular complexity index is 726. The number of likely N-dealkylation sites (tertiary alicyclic amines) is 1. The Morgan fingerprint density at radius 1 is 1.32 bits per heavy atom. The van der Waals surface area contributed by atoms with Crippen molar-refractivity contribution in [1.29, 1.82) is 0 Å².